The van der Waals surface area contributed by atoms with Crippen LogP contribution in [0.3, 0.4) is 0 Å². The topological polar surface area (TPSA) is 167 Å². The highest BCUT2D eigenvalue weighted by Gasteiger charge is 2.36. The fourth-order valence-electron chi connectivity index (χ4n) is 2.01. The molecule has 8 N–H and O–H groups in total. The summed E-state index contributed by atoms with van der Waals surface area (Å²) in [4.78, 5) is 23.0. The average molecular weight is 320 g/mol. The summed E-state index contributed by atoms with van der Waals surface area (Å²) in [6.07, 6.45) is -0.810. The number of rotatable bonds is 12. The number of hydrogen-bond acceptors (Lipinski definition) is 8. The first-order valence-corrected chi connectivity index (χ1v) is 7.52. The van der Waals surface area contributed by atoms with Gasteiger partial charge in [0.2, 0.25) is 11.6 Å². The summed E-state index contributed by atoms with van der Waals surface area (Å²) in [5.74, 6) is -2.57. The van der Waals surface area contributed by atoms with Crippen LogP contribution in [0.5, 0.6) is 0 Å². The van der Waals surface area contributed by atoms with Crippen LogP contribution in [-0.2, 0) is 9.59 Å². The van der Waals surface area contributed by atoms with Gasteiger partial charge in [0.25, 0.3) is 0 Å². The molecule has 130 valence electrons. The smallest absolute Gasteiger partial charge is 0.230 e. The third-order valence-corrected chi connectivity index (χ3v) is 3.57. The Bertz CT molecular complexity index is 352. The predicted octanol–water partition coefficient (Wildman–Crippen LogP) is -2.18. The predicted molar refractivity (Wildman–Crippen MR) is 79.8 cm³/mol. The molecule has 0 aliphatic carbocycles. The number of unbranched alkanes of at least 4 members (excludes halogenated alkanes) is 3. The van der Waals surface area contributed by atoms with Crippen molar-refractivity contribution < 1.29 is 30.0 Å². The molecule has 0 aliphatic heterocycles. The van der Waals surface area contributed by atoms with Crippen LogP contribution in [0.25, 0.3) is 0 Å². The largest absolute Gasteiger partial charge is 0.393 e. The zero-order valence-electron chi connectivity index (χ0n) is 12.9. The SMILES string of the molecule is CCCCCCC(N)C(O)C(O)[C@H](N)C(=O)C(=O)[C@H](O)CO. The molecule has 0 saturated heterocycles. The van der Waals surface area contributed by atoms with Crippen molar-refractivity contribution in [2.75, 3.05) is 6.61 Å². The van der Waals surface area contributed by atoms with E-state index in [1.54, 1.807) is 0 Å². The Kier molecular flexibility index (Phi) is 10.3. The minimum Gasteiger partial charge on any atom is -0.393 e. The number of Topliss-reactive ketones (excluding diaryl/α,β-unsaturated/α-hetero) is 2. The van der Waals surface area contributed by atoms with Gasteiger partial charge in [-0.3, -0.25) is 9.59 Å². The van der Waals surface area contributed by atoms with Gasteiger partial charge in [-0.25, -0.2) is 0 Å². The van der Waals surface area contributed by atoms with E-state index in [9.17, 15) is 19.8 Å². The molecule has 0 aromatic heterocycles. The van der Waals surface area contributed by atoms with Gasteiger partial charge in [-0.15, -0.1) is 0 Å². The molecular formula is C14H28N2O6. The summed E-state index contributed by atoms with van der Waals surface area (Å²) in [6, 6.07) is -2.48. The average Bonchev–Trinajstić information content (AvgIpc) is 2.54. The standard InChI is InChI=1S/C14H28N2O6/c1-2-3-4-5-6-8(15)11(19)13(21)10(16)14(22)12(20)9(18)7-17/h8-11,13,17-19,21H,2-7,15-16H2,1H3/t8?,9-,10+,11?,13?/m1/s1. The molecule has 22 heavy (non-hydrogen) atoms. The summed E-state index contributed by atoms with van der Waals surface area (Å²) in [5, 5.41) is 37.5. The fraction of sp³-hybridized carbons (Fsp3) is 0.857. The molecular weight excluding hydrogens is 292 g/mol. The maximum Gasteiger partial charge on any atom is 0.230 e. The van der Waals surface area contributed by atoms with E-state index in [1.165, 1.54) is 0 Å². The summed E-state index contributed by atoms with van der Waals surface area (Å²) >= 11 is 0. The van der Waals surface area contributed by atoms with E-state index in [0.29, 0.717) is 6.42 Å². The second-order valence-electron chi connectivity index (χ2n) is 5.45. The van der Waals surface area contributed by atoms with Gasteiger partial charge in [-0.05, 0) is 6.42 Å². The van der Waals surface area contributed by atoms with Gasteiger partial charge in [0.1, 0.15) is 18.2 Å². The van der Waals surface area contributed by atoms with Gasteiger partial charge in [0.15, 0.2) is 0 Å². The van der Waals surface area contributed by atoms with Crippen molar-refractivity contribution in [1.29, 1.82) is 0 Å². The summed E-state index contributed by atoms with van der Waals surface area (Å²) < 4.78 is 0. The molecule has 0 fully saturated rings. The summed E-state index contributed by atoms with van der Waals surface area (Å²) in [5.41, 5.74) is 11.2. The van der Waals surface area contributed by atoms with Gasteiger partial charge in [0, 0.05) is 6.04 Å². The molecule has 0 aliphatic rings. The zero-order valence-corrected chi connectivity index (χ0v) is 12.9. The summed E-state index contributed by atoms with van der Waals surface area (Å²) in [6.45, 7) is 1.13. The first kappa shape index (κ1) is 21.1. The van der Waals surface area contributed by atoms with E-state index in [0.717, 1.165) is 25.7 Å². The third kappa shape index (κ3) is 6.47. The third-order valence-electron chi connectivity index (χ3n) is 3.57. The number of carbonyl (C=O) groups excluding carboxylic acids is 2. The lowest BCUT2D eigenvalue weighted by Crippen LogP contribution is -2.56. The quantitative estimate of drug-likeness (QED) is 0.174. The highest BCUT2D eigenvalue weighted by Crippen LogP contribution is 2.11. The van der Waals surface area contributed by atoms with Gasteiger partial charge in [0.05, 0.1) is 12.7 Å². The molecule has 0 radical (unpaired) electrons. The number of nitrogens with two attached hydrogens (primary N) is 2. The molecule has 0 spiro atoms. The minimum atomic E-state index is -1.88. The van der Waals surface area contributed by atoms with E-state index in [1.807, 2.05) is 0 Å². The van der Waals surface area contributed by atoms with Gasteiger partial charge < -0.3 is 31.9 Å². The van der Waals surface area contributed by atoms with Crippen LogP contribution in [0.1, 0.15) is 39.0 Å². The molecule has 8 nitrogen and oxygen atoms in total. The minimum absolute atomic E-state index is 0.451. The number of aliphatic hydroxyl groups is 4. The Morgan fingerprint density at radius 3 is 2.05 bits per heavy atom. The van der Waals surface area contributed by atoms with E-state index in [4.69, 9.17) is 21.7 Å². The summed E-state index contributed by atoms with van der Waals surface area (Å²) in [7, 11) is 0. The maximum absolute atomic E-state index is 11.7. The Morgan fingerprint density at radius 1 is 0.955 bits per heavy atom. The molecule has 0 heterocycles. The Hall–Kier alpha value is -0.900. The molecule has 3 unspecified atom stereocenters. The molecule has 0 saturated carbocycles. The lowest BCUT2D eigenvalue weighted by molar-refractivity contribution is -0.146. The lowest BCUT2D eigenvalue weighted by Gasteiger charge is -2.27. The second kappa shape index (κ2) is 10.8. The fourth-order valence-corrected chi connectivity index (χ4v) is 2.01. The molecule has 8 heteroatoms. The van der Waals surface area contributed by atoms with Gasteiger partial charge in [-0.1, -0.05) is 32.6 Å². The molecule has 0 bridgehead atoms. The lowest BCUT2D eigenvalue weighted by atomic mass is 9.92. The van der Waals surface area contributed by atoms with Crippen LogP contribution < -0.4 is 11.5 Å². The highest BCUT2D eigenvalue weighted by molar-refractivity contribution is 6.40. The second-order valence-corrected chi connectivity index (χ2v) is 5.45. The monoisotopic (exact) mass is 320 g/mol. The number of hydrogen-bond donors (Lipinski definition) is 6. The van der Waals surface area contributed by atoms with Crippen LogP contribution in [-0.4, -0.2) is 69.0 Å². The Morgan fingerprint density at radius 2 is 1.55 bits per heavy atom. The van der Waals surface area contributed by atoms with E-state index in [-0.39, 0.29) is 0 Å². The Labute approximate surface area is 130 Å². The van der Waals surface area contributed by atoms with Crippen molar-refractivity contribution in [3.05, 3.63) is 0 Å². The van der Waals surface area contributed by atoms with E-state index >= 15 is 0 Å². The van der Waals surface area contributed by atoms with Gasteiger partial charge in [-0.2, -0.15) is 0 Å². The zero-order chi connectivity index (χ0) is 17.3. The van der Waals surface area contributed by atoms with Crippen molar-refractivity contribution in [3.63, 3.8) is 0 Å². The van der Waals surface area contributed by atoms with Crippen LogP contribution in [0, 0.1) is 0 Å². The molecule has 0 aromatic carbocycles. The number of aliphatic hydroxyl groups excluding tert-OH is 4. The van der Waals surface area contributed by atoms with Crippen molar-refractivity contribution in [2.24, 2.45) is 11.5 Å². The first-order valence-electron chi connectivity index (χ1n) is 7.52. The van der Waals surface area contributed by atoms with Crippen molar-refractivity contribution >= 4 is 11.6 Å². The van der Waals surface area contributed by atoms with Gasteiger partial charge >= 0.3 is 0 Å². The molecule has 0 aromatic rings. The normalized spacial score (nSPS) is 18.3. The molecule has 0 amide bonds. The van der Waals surface area contributed by atoms with E-state index in [2.05, 4.69) is 6.92 Å². The number of carbonyl (C=O) groups is 2. The van der Waals surface area contributed by atoms with Crippen LogP contribution in [0.15, 0.2) is 0 Å². The number of ketones is 2. The van der Waals surface area contributed by atoms with E-state index < -0.39 is 48.6 Å². The highest BCUT2D eigenvalue weighted by atomic mass is 16.3. The van der Waals surface area contributed by atoms with Crippen molar-refractivity contribution in [1.82, 2.24) is 0 Å². The van der Waals surface area contributed by atoms with Crippen LogP contribution in [0.2, 0.25) is 0 Å². The first-order chi connectivity index (χ1) is 10.3. The van der Waals surface area contributed by atoms with Crippen molar-refractivity contribution in [3.8, 4) is 0 Å². The van der Waals surface area contributed by atoms with Crippen LogP contribution in [0.4, 0.5) is 0 Å². The van der Waals surface area contributed by atoms with Crippen molar-refractivity contribution in [2.45, 2.75) is 69.4 Å². The molecule has 0 rings (SSSR count). The molecule has 5 atom stereocenters. The van der Waals surface area contributed by atoms with Crippen LogP contribution >= 0.6 is 0 Å². The maximum atomic E-state index is 11.7. The Balaban J connectivity index is 4.49.